The molecule has 3 N–H and O–H groups in total. The molecule has 0 saturated heterocycles. The van der Waals surface area contributed by atoms with Gasteiger partial charge < -0.3 is 15.5 Å². The summed E-state index contributed by atoms with van der Waals surface area (Å²) < 4.78 is 12.9. The summed E-state index contributed by atoms with van der Waals surface area (Å²) in [7, 11) is 0. The van der Waals surface area contributed by atoms with Crippen LogP contribution in [0.3, 0.4) is 0 Å². The van der Waals surface area contributed by atoms with E-state index in [2.05, 4.69) is 5.32 Å². The number of hydrogen-bond donors (Lipinski definition) is 3. The molecule has 15 heavy (non-hydrogen) atoms. The van der Waals surface area contributed by atoms with Crippen LogP contribution in [0.25, 0.3) is 0 Å². The van der Waals surface area contributed by atoms with Crippen LogP contribution < -0.4 is 5.32 Å². The van der Waals surface area contributed by atoms with Gasteiger partial charge in [-0.25, -0.2) is 4.39 Å². The SMILES string of the molecule is OCCCCNCc1cccc(F)c1O. The Kier molecular flexibility index (Phi) is 5.07. The monoisotopic (exact) mass is 213 g/mol. The zero-order valence-corrected chi connectivity index (χ0v) is 8.54. The van der Waals surface area contributed by atoms with Gasteiger partial charge in [-0.1, -0.05) is 12.1 Å². The van der Waals surface area contributed by atoms with Crippen LogP contribution in [-0.4, -0.2) is 23.4 Å². The second-order valence-corrected chi connectivity index (χ2v) is 3.36. The highest BCUT2D eigenvalue weighted by atomic mass is 19.1. The summed E-state index contributed by atoms with van der Waals surface area (Å²) in [6, 6.07) is 4.47. The Labute approximate surface area is 88.6 Å². The van der Waals surface area contributed by atoms with E-state index in [0.717, 1.165) is 19.4 Å². The van der Waals surface area contributed by atoms with E-state index in [9.17, 15) is 9.50 Å². The van der Waals surface area contributed by atoms with Crippen molar-refractivity contribution in [3.05, 3.63) is 29.6 Å². The molecular formula is C11H16FNO2. The molecule has 1 rings (SSSR count). The van der Waals surface area contributed by atoms with Gasteiger partial charge in [0.2, 0.25) is 0 Å². The Morgan fingerprint density at radius 2 is 2.07 bits per heavy atom. The molecule has 1 aromatic rings. The third-order valence-corrected chi connectivity index (χ3v) is 2.15. The number of halogens is 1. The molecule has 0 spiro atoms. The average molecular weight is 213 g/mol. The maximum absolute atomic E-state index is 12.9. The summed E-state index contributed by atoms with van der Waals surface area (Å²) in [5.74, 6) is -0.878. The molecule has 0 fully saturated rings. The second kappa shape index (κ2) is 6.37. The highest BCUT2D eigenvalue weighted by Gasteiger charge is 2.04. The van der Waals surface area contributed by atoms with Crippen molar-refractivity contribution in [2.45, 2.75) is 19.4 Å². The smallest absolute Gasteiger partial charge is 0.165 e. The molecule has 1 aromatic carbocycles. The molecule has 0 atom stereocenters. The quantitative estimate of drug-likeness (QED) is 0.626. The van der Waals surface area contributed by atoms with Crippen LogP contribution in [-0.2, 0) is 6.54 Å². The lowest BCUT2D eigenvalue weighted by Crippen LogP contribution is -2.15. The van der Waals surface area contributed by atoms with E-state index in [1.165, 1.54) is 6.07 Å². The number of aromatic hydroxyl groups is 1. The van der Waals surface area contributed by atoms with Crippen LogP contribution in [0.15, 0.2) is 18.2 Å². The van der Waals surface area contributed by atoms with Crippen molar-refractivity contribution in [3.8, 4) is 5.75 Å². The predicted molar refractivity (Wildman–Crippen MR) is 56.1 cm³/mol. The number of para-hydroxylation sites is 1. The number of nitrogens with one attached hydrogen (secondary N) is 1. The van der Waals surface area contributed by atoms with Crippen LogP contribution in [0.1, 0.15) is 18.4 Å². The normalized spacial score (nSPS) is 10.5. The molecule has 0 unspecified atom stereocenters. The number of hydrogen-bond acceptors (Lipinski definition) is 3. The van der Waals surface area contributed by atoms with Crippen LogP contribution in [0, 0.1) is 5.82 Å². The summed E-state index contributed by atoms with van der Waals surface area (Å²) in [5, 5.41) is 21.0. The third kappa shape index (κ3) is 3.85. The van der Waals surface area contributed by atoms with Gasteiger partial charge in [-0.05, 0) is 25.5 Å². The minimum atomic E-state index is -0.593. The molecule has 0 aliphatic carbocycles. The van der Waals surface area contributed by atoms with Crippen molar-refractivity contribution in [2.75, 3.05) is 13.2 Å². The Morgan fingerprint density at radius 1 is 1.27 bits per heavy atom. The summed E-state index contributed by atoms with van der Waals surface area (Å²) in [4.78, 5) is 0. The second-order valence-electron chi connectivity index (χ2n) is 3.36. The van der Waals surface area contributed by atoms with Crippen LogP contribution >= 0.6 is 0 Å². The lowest BCUT2D eigenvalue weighted by Gasteiger charge is -2.06. The van der Waals surface area contributed by atoms with Gasteiger partial charge in [-0.15, -0.1) is 0 Å². The molecule has 84 valence electrons. The van der Waals surface area contributed by atoms with Crippen LogP contribution in [0.2, 0.25) is 0 Å². The summed E-state index contributed by atoms with van der Waals surface area (Å²) in [5.41, 5.74) is 0.555. The van der Waals surface area contributed by atoms with Crippen molar-refractivity contribution in [3.63, 3.8) is 0 Å². The first kappa shape index (κ1) is 11.9. The van der Waals surface area contributed by atoms with Gasteiger partial charge in [0.15, 0.2) is 11.6 Å². The van der Waals surface area contributed by atoms with Crippen molar-refractivity contribution in [1.82, 2.24) is 5.32 Å². The molecule has 4 heteroatoms. The van der Waals surface area contributed by atoms with E-state index in [1.54, 1.807) is 12.1 Å². The number of aliphatic hydroxyl groups is 1. The third-order valence-electron chi connectivity index (χ3n) is 2.15. The first-order valence-electron chi connectivity index (χ1n) is 5.03. The Hall–Kier alpha value is -1.13. The van der Waals surface area contributed by atoms with E-state index in [1.807, 2.05) is 0 Å². The highest BCUT2D eigenvalue weighted by Crippen LogP contribution is 2.20. The van der Waals surface area contributed by atoms with E-state index >= 15 is 0 Å². The summed E-state index contributed by atoms with van der Waals surface area (Å²) in [6.07, 6.45) is 1.62. The Morgan fingerprint density at radius 3 is 2.80 bits per heavy atom. The number of unbranched alkanes of at least 4 members (excludes halogenated alkanes) is 1. The molecule has 0 radical (unpaired) electrons. The van der Waals surface area contributed by atoms with Gasteiger partial charge in [-0.2, -0.15) is 0 Å². The molecule has 0 aliphatic heterocycles. The number of phenolic OH excluding ortho intramolecular Hbond substituents is 1. The number of phenols is 1. The molecule has 3 nitrogen and oxygen atoms in total. The molecule has 0 aliphatic rings. The van der Waals surface area contributed by atoms with Gasteiger partial charge in [0.25, 0.3) is 0 Å². The number of aliphatic hydroxyl groups excluding tert-OH is 1. The fourth-order valence-electron chi connectivity index (χ4n) is 1.29. The fraction of sp³-hybridized carbons (Fsp3) is 0.455. The van der Waals surface area contributed by atoms with Gasteiger partial charge in [0.05, 0.1) is 0 Å². The maximum Gasteiger partial charge on any atom is 0.165 e. The zero-order valence-electron chi connectivity index (χ0n) is 8.54. The standard InChI is InChI=1S/C11H16FNO2/c12-10-5-3-4-9(11(10)15)8-13-6-1-2-7-14/h3-5,13-15H,1-2,6-8H2. The molecule has 0 heterocycles. The van der Waals surface area contributed by atoms with E-state index < -0.39 is 5.82 Å². The molecular weight excluding hydrogens is 197 g/mol. The minimum Gasteiger partial charge on any atom is -0.505 e. The summed E-state index contributed by atoms with van der Waals surface area (Å²) in [6.45, 7) is 1.37. The van der Waals surface area contributed by atoms with Gasteiger partial charge in [0.1, 0.15) is 0 Å². The van der Waals surface area contributed by atoms with Crippen LogP contribution in [0.4, 0.5) is 4.39 Å². The van der Waals surface area contributed by atoms with Crippen molar-refractivity contribution < 1.29 is 14.6 Å². The molecule has 0 saturated carbocycles. The summed E-state index contributed by atoms with van der Waals surface area (Å²) >= 11 is 0. The number of benzene rings is 1. The number of rotatable bonds is 6. The van der Waals surface area contributed by atoms with Crippen LogP contribution in [0.5, 0.6) is 5.75 Å². The average Bonchev–Trinajstić information content (AvgIpc) is 2.24. The topological polar surface area (TPSA) is 52.5 Å². The maximum atomic E-state index is 12.9. The lowest BCUT2D eigenvalue weighted by atomic mass is 10.2. The fourth-order valence-corrected chi connectivity index (χ4v) is 1.29. The predicted octanol–water partition coefficient (Wildman–Crippen LogP) is 1.39. The van der Waals surface area contributed by atoms with Crippen molar-refractivity contribution in [1.29, 1.82) is 0 Å². The van der Waals surface area contributed by atoms with Gasteiger partial charge in [-0.3, -0.25) is 0 Å². The van der Waals surface area contributed by atoms with E-state index in [4.69, 9.17) is 5.11 Å². The zero-order chi connectivity index (χ0) is 11.1. The lowest BCUT2D eigenvalue weighted by molar-refractivity contribution is 0.283. The minimum absolute atomic E-state index is 0.187. The highest BCUT2D eigenvalue weighted by molar-refractivity contribution is 5.33. The molecule has 0 bridgehead atoms. The van der Waals surface area contributed by atoms with E-state index in [0.29, 0.717) is 12.1 Å². The van der Waals surface area contributed by atoms with E-state index in [-0.39, 0.29) is 12.4 Å². The Bertz CT molecular complexity index is 305. The molecule has 0 amide bonds. The first-order valence-corrected chi connectivity index (χ1v) is 5.03. The van der Waals surface area contributed by atoms with Crippen molar-refractivity contribution >= 4 is 0 Å². The largest absolute Gasteiger partial charge is 0.505 e. The van der Waals surface area contributed by atoms with Gasteiger partial charge >= 0.3 is 0 Å². The van der Waals surface area contributed by atoms with Gasteiger partial charge in [0, 0.05) is 18.7 Å². The Balaban J connectivity index is 2.34. The molecule has 0 aromatic heterocycles. The van der Waals surface area contributed by atoms with Crippen molar-refractivity contribution in [2.24, 2.45) is 0 Å². The first-order chi connectivity index (χ1) is 7.25.